The maximum Gasteiger partial charge on any atom is 0.339 e. The summed E-state index contributed by atoms with van der Waals surface area (Å²) < 4.78 is 10.6. The largest absolute Gasteiger partial charge is 0.480 e. The van der Waals surface area contributed by atoms with Crippen molar-refractivity contribution >= 4 is 13.6 Å². The third kappa shape index (κ3) is 8.15. The monoisotopic (exact) mass is 227 g/mol. The molecular weight excluding hydrogens is 213 g/mol. The Morgan fingerprint density at radius 1 is 1.50 bits per heavy atom. The van der Waals surface area contributed by atoms with Crippen molar-refractivity contribution in [2.75, 3.05) is 19.4 Å². The number of carboxylic acid groups (broad SMARTS) is 1. The van der Waals surface area contributed by atoms with Crippen LogP contribution >= 0.6 is 7.60 Å². The number of aliphatic hydroxyl groups excluding tert-OH is 1. The third-order valence-electron chi connectivity index (χ3n) is 1.27. The van der Waals surface area contributed by atoms with Crippen LogP contribution in [-0.4, -0.2) is 56.3 Å². The lowest BCUT2D eigenvalue weighted by atomic mass is 10.4. The number of aliphatic carboxylic acids is 1. The van der Waals surface area contributed by atoms with Gasteiger partial charge in [-0.3, -0.25) is 14.3 Å². The van der Waals surface area contributed by atoms with Crippen LogP contribution in [0.25, 0.3) is 0 Å². The number of hydrogen-bond donors (Lipinski definition) is 4. The van der Waals surface area contributed by atoms with E-state index in [1.807, 2.05) is 0 Å². The molecule has 0 rings (SSSR count). The van der Waals surface area contributed by atoms with Gasteiger partial charge in [0.05, 0.1) is 12.6 Å². The molecule has 0 spiro atoms. The molecule has 0 saturated heterocycles. The Morgan fingerprint density at radius 3 is 2.29 bits per heavy atom. The van der Waals surface area contributed by atoms with Crippen molar-refractivity contribution in [3.8, 4) is 0 Å². The van der Waals surface area contributed by atoms with E-state index < -0.39 is 32.5 Å². The molecule has 0 radical (unpaired) electrons. The molecule has 7 nitrogen and oxygen atoms in total. The zero-order chi connectivity index (χ0) is 11.4. The molecule has 8 heteroatoms. The van der Waals surface area contributed by atoms with E-state index in [2.05, 4.69) is 0 Å². The molecule has 4 N–H and O–H groups in total. The van der Waals surface area contributed by atoms with Gasteiger partial charge in [0.15, 0.2) is 0 Å². The van der Waals surface area contributed by atoms with Crippen LogP contribution in [0.2, 0.25) is 0 Å². The molecule has 0 aromatic rings. The highest BCUT2D eigenvalue weighted by atomic mass is 31.2. The minimum absolute atomic E-state index is 0.0859. The zero-order valence-electron chi connectivity index (χ0n) is 7.70. The molecule has 0 aliphatic rings. The number of rotatable bonds is 6. The lowest BCUT2D eigenvalue weighted by Crippen LogP contribution is -2.36. The zero-order valence-corrected chi connectivity index (χ0v) is 8.59. The van der Waals surface area contributed by atoms with E-state index in [9.17, 15) is 9.36 Å². The first-order valence-corrected chi connectivity index (χ1v) is 5.67. The fourth-order valence-corrected chi connectivity index (χ4v) is 1.73. The van der Waals surface area contributed by atoms with Crippen molar-refractivity contribution in [1.82, 2.24) is 4.90 Å². The van der Waals surface area contributed by atoms with Gasteiger partial charge in [0.2, 0.25) is 0 Å². The predicted molar refractivity (Wildman–Crippen MR) is 47.8 cm³/mol. The summed E-state index contributed by atoms with van der Waals surface area (Å²) in [6.45, 7) is 0.821. The molecule has 0 aliphatic heterocycles. The first-order valence-electron chi connectivity index (χ1n) is 3.87. The topological polar surface area (TPSA) is 118 Å². The van der Waals surface area contributed by atoms with Gasteiger partial charge in [-0.15, -0.1) is 0 Å². The van der Waals surface area contributed by atoms with E-state index in [-0.39, 0.29) is 6.54 Å². The molecular formula is C6H14NO6P. The summed E-state index contributed by atoms with van der Waals surface area (Å²) in [6.07, 6.45) is -1.50. The molecule has 0 fully saturated rings. The fraction of sp³-hybridized carbons (Fsp3) is 0.833. The van der Waals surface area contributed by atoms with Crippen molar-refractivity contribution in [3.63, 3.8) is 0 Å². The summed E-state index contributed by atoms with van der Waals surface area (Å²) in [5, 5.41) is 17.4. The van der Waals surface area contributed by atoms with Gasteiger partial charge in [-0.25, -0.2) is 0 Å². The second-order valence-corrected chi connectivity index (χ2v) is 4.67. The Bertz CT molecular complexity index is 236. The van der Waals surface area contributed by atoms with Crippen molar-refractivity contribution < 1.29 is 29.4 Å². The van der Waals surface area contributed by atoms with Crippen LogP contribution in [0.1, 0.15) is 6.92 Å². The van der Waals surface area contributed by atoms with Crippen LogP contribution in [0.4, 0.5) is 0 Å². The highest BCUT2D eigenvalue weighted by Crippen LogP contribution is 2.34. The molecule has 0 saturated carbocycles. The van der Waals surface area contributed by atoms with E-state index in [0.717, 1.165) is 4.90 Å². The second kappa shape index (κ2) is 5.43. The third-order valence-corrected chi connectivity index (χ3v) is 2.03. The molecule has 0 aromatic heterocycles. The van der Waals surface area contributed by atoms with Gasteiger partial charge < -0.3 is 20.0 Å². The van der Waals surface area contributed by atoms with Gasteiger partial charge in [-0.2, -0.15) is 0 Å². The van der Waals surface area contributed by atoms with E-state index in [0.29, 0.717) is 0 Å². The number of carboxylic acids is 1. The number of aliphatic hydroxyl groups is 1. The SMILES string of the molecule is CC(O)CN(CC(=O)O)CP(=O)(O)O. The Labute approximate surface area is 81.1 Å². The quantitative estimate of drug-likeness (QED) is 0.425. The average molecular weight is 227 g/mol. The van der Waals surface area contributed by atoms with Crippen LogP contribution in [0.15, 0.2) is 0 Å². The average Bonchev–Trinajstić information content (AvgIpc) is 1.77. The Balaban J connectivity index is 4.25. The van der Waals surface area contributed by atoms with Crippen LogP contribution in [-0.2, 0) is 9.36 Å². The van der Waals surface area contributed by atoms with Crippen molar-refractivity contribution in [2.45, 2.75) is 13.0 Å². The highest BCUT2D eigenvalue weighted by molar-refractivity contribution is 7.51. The molecule has 0 heterocycles. The smallest absolute Gasteiger partial charge is 0.339 e. The lowest BCUT2D eigenvalue weighted by molar-refractivity contribution is -0.138. The number of nitrogens with zero attached hydrogens (tertiary/aromatic N) is 1. The minimum atomic E-state index is -4.28. The van der Waals surface area contributed by atoms with Gasteiger partial charge in [0, 0.05) is 6.54 Å². The Morgan fingerprint density at radius 2 is 2.00 bits per heavy atom. The van der Waals surface area contributed by atoms with Crippen molar-refractivity contribution in [3.05, 3.63) is 0 Å². The molecule has 0 amide bonds. The normalized spacial score (nSPS) is 14.4. The maximum atomic E-state index is 10.6. The molecule has 84 valence electrons. The molecule has 1 atom stereocenters. The Kier molecular flexibility index (Phi) is 5.25. The number of hydrogen-bond acceptors (Lipinski definition) is 4. The van der Waals surface area contributed by atoms with Crippen LogP contribution in [0.3, 0.4) is 0 Å². The van der Waals surface area contributed by atoms with Gasteiger partial charge >= 0.3 is 13.6 Å². The van der Waals surface area contributed by atoms with Gasteiger partial charge in [-0.1, -0.05) is 0 Å². The summed E-state index contributed by atoms with van der Waals surface area (Å²) in [6, 6.07) is 0. The summed E-state index contributed by atoms with van der Waals surface area (Å²) >= 11 is 0. The first kappa shape index (κ1) is 13.5. The summed E-state index contributed by atoms with van der Waals surface area (Å²) in [4.78, 5) is 28.5. The highest BCUT2D eigenvalue weighted by Gasteiger charge is 2.21. The van der Waals surface area contributed by atoms with Gasteiger partial charge in [0.25, 0.3) is 0 Å². The second-order valence-electron chi connectivity index (χ2n) is 3.06. The predicted octanol–water partition coefficient (Wildman–Crippen LogP) is -1.11. The summed E-state index contributed by atoms with van der Waals surface area (Å²) in [5.74, 6) is -1.20. The number of carbonyl (C=O) groups is 1. The van der Waals surface area contributed by atoms with Crippen LogP contribution < -0.4 is 0 Å². The summed E-state index contributed by atoms with van der Waals surface area (Å²) in [7, 11) is -4.28. The minimum Gasteiger partial charge on any atom is -0.480 e. The van der Waals surface area contributed by atoms with Gasteiger partial charge in [0.1, 0.15) is 6.29 Å². The molecule has 0 aliphatic carbocycles. The molecule has 14 heavy (non-hydrogen) atoms. The van der Waals surface area contributed by atoms with Crippen LogP contribution in [0.5, 0.6) is 0 Å². The van der Waals surface area contributed by atoms with Crippen LogP contribution in [0, 0.1) is 0 Å². The lowest BCUT2D eigenvalue weighted by Gasteiger charge is -2.21. The first-order chi connectivity index (χ1) is 6.20. The molecule has 0 aromatic carbocycles. The van der Waals surface area contributed by atoms with E-state index in [1.165, 1.54) is 6.92 Å². The van der Waals surface area contributed by atoms with Crippen molar-refractivity contribution in [1.29, 1.82) is 0 Å². The molecule has 1 unspecified atom stereocenters. The van der Waals surface area contributed by atoms with Gasteiger partial charge in [-0.05, 0) is 6.92 Å². The molecule has 0 bridgehead atoms. The summed E-state index contributed by atoms with van der Waals surface area (Å²) in [5.41, 5.74) is 0. The standard InChI is InChI=1S/C6H14NO6P/c1-5(8)2-7(3-6(9)10)4-14(11,12)13/h5,8H,2-4H2,1H3,(H,9,10)(H2,11,12,13). The van der Waals surface area contributed by atoms with E-state index >= 15 is 0 Å². The maximum absolute atomic E-state index is 10.6. The Hall–Kier alpha value is -0.460. The van der Waals surface area contributed by atoms with Crippen molar-refractivity contribution in [2.24, 2.45) is 0 Å². The fourth-order valence-electron chi connectivity index (χ4n) is 0.998. The van der Waals surface area contributed by atoms with E-state index in [4.69, 9.17) is 20.0 Å². The van der Waals surface area contributed by atoms with E-state index in [1.54, 1.807) is 0 Å².